The van der Waals surface area contributed by atoms with E-state index in [-0.39, 0.29) is 0 Å². The first-order valence-electron chi connectivity index (χ1n) is 4.23. The summed E-state index contributed by atoms with van der Waals surface area (Å²) in [5, 5.41) is 2.51. The van der Waals surface area contributed by atoms with Gasteiger partial charge in [0, 0.05) is 21.8 Å². The molecule has 1 heterocycles. The van der Waals surface area contributed by atoms with Crippen molar-refractivity contribution in [2.45, 2.75) is 0 Å². The minimum atomic E-state index is 1.14. The van der Waals surface area contributed by atoms with Crippen LogP contribution in [0.5, 0.6) is 0 Å². The van der Waals surface area contributed by atoms with Crippen molar-refractivity contribution in [2.24, 2.45) is 0 Å². The van der Waals surface area contributed by atoms with Gasteiger partial charge in [-0.2, -0.15) is 0 Å². The molecule has 0 saturated heterocycles. The van der Waals surface area contributed by atoms with Gasteiger partial charge in [-0.15, -0.1) is 0 Å². The summed E-state index contributed by atoms with van der Waals surface area (Å²) >= 11 is 0. The van der Waals surface area contributed by atoms with Crippen LogP contribution in [0.1, 0.15) is 0 Å². The van der Waals surface area contributed by atoms with Crippen LogP contribution in [0.4, 0.5) is 0 Å². The molecular formula is C12H7N. The molecule has 0 spiro atoms. The first kappa shape index (κ1) is 6.72. The second kappa shape index (κ2) is 2.36. The van der Waals surface area contributed by atoms with Gasteiger partial charge in [-0.3, -0.25) is 0 Å². The first-order chi connectivity index (χ1) is 6.45. The van der Waals surface area contributed by atoms with Crippen molar-refractivity contribution in [2.75, 3.05) is 0 Å². The van der Waals surface area contributed by atoms with Crippen molar-refractivity contribution in [1.29, 1.82) is 0 Å². The maximum atomic E-state index is 3.32. The van der Waals surface area contributed by atoms with E-state index in [9.17, 15) is 0 Å². The average Bonchev–Trinajstić information content (AvgIpc) is 2.56. The lowest BCUT2D eigenvalue weighted by atomic mass is 10.2. The van der Waals surface area contributed by atoms with Crippen LogP contribution in [0.3, 0.4) is 0 Å². The number of aromatic nitrogens is 1. The van der Waals surface area contributed by atoms with Crippen molar-refractivity contribution in [1.82, 2.24) is 4.98 Å². The predicted molar refractivity (Wildman–Crippen MR) is 53.5 cm³/mol. The summed E-state index contributed by atoms with van der Waals surface area (Å²) in [6.45, 7) is 0. The van der Waals surface area contributed by atoms with Crippen molar-refractivity contribution in [3.8, 4) is 0 Å². The summed E-state index contributed by atoms with van der Waals surface area (Å²) in [5.74, 6) is 0. The molecule has 3 aromatic rings. The number of benzene rings is 2. The van der Waals surface area contributed by atoms with Crippen LogP contribution in [-0.2, 0) is 0 Å². The molecule has 0 unspecified atom stereocenters. The van der Waals surface area contributed by atoms with Gasteiger partial charge >= 0.3 is 0 Å². The van der Waals surface area contributed by atoms with Crippen LogP contribution in [0.15, 0.2) is 36.4 Å². The summed E-state index contributed by atoms with van der Waals surface area (Å²) in [6, 6.07) is 18.1. The molecule has 1 aromatic heterocycles. The van der Waals surface area contributed by atoms with E-state index in [0.29, 0.717) is 0 Å². The molecule has 0 atom stereocenters. The topological polar surface area (TPSA) is 15.8 Å². The summed E-state index contributed by atoms with van der Waals surface area (Å²) < 4.78 is 0. The minimum absolute atomic E-state index is 1.14. The van der Waals surface area contributed by atoms with Crippen LogP contribution in [0.2, 0.25) is 0 Å². The highest BCUT2D eigenvalue weighted by Crippen LogP contribution is 2.23. The normalized spacial score (nSPS) is 11.1. The van der Waals surface area contributed by atoms with E-state index in [1.165, 1.54) is 10.8 Å². The Morgan fingerprint density at radius 3 is 1.92 bits per heavy atom. The zero-order valence-electron chi connectivity index (χ0n) is 6.96. The van der Waals surface area contributed by atoms with Crippen LogP contribution in [0.25, 0.3) is 21.8 Å². The Hall–Kier alpha value is -1.76. The molecule has 0 aliphatic carbocycles. The molecule has 3 rings (SSSR count). The number of H-pyrrole nitrogens is 1. The quantitative estimate of drug-likeness (QED) is 0.527. The Balaban J connectivity index is 2.64. The van der Waals surface area contributed by atoms with Gasteiger partial charge in [0.1, 0.15) is 0 Å². The van der Waals surface area contributed by atoms with Gasteiger partial charge in [-0.25, -0.2) is 0 Å². The monoisotopic (exact) mass is 165 g/mol. The van der Waals surface area contributed by atoms with Gasteiger partial charge in [0.2, 0.25) is 0 Å². The molecule has 0 aliphatic rings. The Labute approximate surface area is 76.0 Å². The molecule has 1 heteroatoms. The van der Waals surface area contributed by atoms with E-state index in [1.807, 2.05) is 24.3 Å². The lowest BCUT2D eigenvalue weighted by Crippen LogP contribution is -1.63. The summed E-state index contributed by atoms with van der Waals surface area (Å²) in [6.07, 6.45) is 0. The molecule has 0 bridgehead atoms. The summed E-state index contributed by atoms with van der Waals surface area (Å²) in [7, 11) is 0. The van der Waals surface area contributed by atoms with Gasteiger partial charge < -0.3 is 4.98 Å². The Morgan fingerprint density at radius 1 is 0.846 bits per heavy atom. The van der Waals surface area contributed by atoms with Crippen LogP contribution < -0.4 is 0 Å². The Bertz CT molecular complexity index is 513. The standard InChI is InChI=1S/C12H7N/c1-3-7-11-9(5-1)10-6-2-4-8-12(10)13-11/h1-2,5-8,13H. The van der Waals surface area contributed by atoms with Gasteiger partial charge in [0.25, 0.3) is 0 Å². The second-order valence-corrected chi connectivity index (χ2v) is 3.07. The van der Waals surface area contributed by atoms with Gasteiger partial charge in [-0.05, 0) is 24.3 Å². The Morgan fingerprint density at radius 2 is 1.38 bits per heavy atom. The van der Waals surface area contributed by atoms with E-state index >= 15 is 0 Å². The third kappa shape index (κ3) is 0.872. The Kier molecular flexibility index (Phi) is 1.22. The molecule has 1 N–H and O–H groups in total. The molecule has 2 radical (unpaired) electrons. The van der Waals surface area contributed by atoms with Crippen molar-refractivity contribution < 1.29 is 0 Å². The first-order valence-corrected chi connectivity index (χ1v) is 4.23. The lowest BCUT2D eigenvalue weighted by molar-refractivity contribution is 1.54. The molecule has 0 saturated carbocycles. The fraction of sp³-hybridized carbons (Fsp3) is 0. The fourth-order valence-corrected chi connectivity index (χ4v) is 1.68. The molecule has 2 aromatic carbocycles. The molecule has 1 nitrogen and oxygen atoms in total. The number of hydrogen-bond acceptors (Lipinski definition) is 0. The third-order valence-corrected chi connectivity index (χ3v) is 2.29. The van der Waals surface area contributed by atoms with Gasteiger partial charge in [0.05, 0.1) is 0 Å². The largest absolute Gasteiger partial charge is 0.354 e. The van der Waals surface area contributed by atoms with E-state index in [4.69, 9.17) is 0 Å². The van der Waals surface area contributed by atoms with Crippen LogP contribution >= 0.6 is 0 Å². The molecule has 0 aliphatic heterocycles. The van der Waals surface area contributed by atoms with E-state index < -0.39 is 0 Å². The molecular weight excluding hydrogens is 158 g/mol. The van der Waals surface area contributed by atoms with Gasteiger partial charge in [-0.1, -0.05) is 24.3 Å². The average molecular weight is 165 g/mol. The van der Waals surface area contributed by atoms with Crippen molar-refractivity contribution in [3.63, 3.8) is 0 Å². The summed E-state index contributed by atoms with van der Waals surface area (Å²) in [5.41, 5.74) is 2.27. The zero-order valence-corrected chi connectivity index (χ0v) is 6.96. The number of rotatable bonds is 0. The number of aromatic amines is 1. The van der Waals surface area contributed by atoms with Crippen LogP contribution in [-0.4, -0.2) is 4.98 Å². The number of hydrogen-bond donors (Lipinski definition) is 1. The molecule has 60 valence electrons. The molecule has 0 fully saturated rings. The second-order valence-electron chi connectivity index (χ2n) is 3.07. The highest BCUT2D eigenvalue weighted by molar-refractivity contribution is 6.06. The highest BCUT2D eigenvalue weighted by Gasteiger charge is 2.00. The third-order valence-electron chi connectivity index (χ3n) is 2.29. The maximum absolute atomic E-state index is 3.32. The van der Waals surface area contributed by atoms with E-state index in [0.717, 1.165) is 11.0 Å². The fourth-order valence-electron chi connectivity index (χ4n) is 1.68. The van der Waals surface area contributed by atoms with E-state index in [2.05, 4.69) is 29.2 Å². The zero-order chi connectivity index (χ0) is 8.67. The van der Waals surface area contributed by atoms with Crippen molar-refractivity contribution in [3.05, 3.63) is 48.5 Å². The number of nitrogens with one attached hydrogen (secondary N) is 1. The maximum Gasteiger partial charge on any atom is 0.0471 e. The SMILES string of the molecule is [c]1ccc2c(c1)[nH]c1c[c]ccc12. The van der Waals surface area contributed by atoms with Crippen molar-refractivity contribution >= 4 is 21.8 Å². The highest BCUT2D eigenvalue weighted by atomic mass is 14.7. The lowest BCUT2D eigenvalue weighted by Gasteiger charge is -1.87. The predicted octanol–water partition coefficient (Wildman–Crippen LogP) is 2.92. The van der Waals surface area contributed by atoms with E-state index in [1.54, 1.807) is 0 Å². The van der Waals surface area contributed by atoms with Gasteiger partial charge in [0.15, 0.2) is 0 Å². The minimum Gasteiger partial charge on any atom is -0.354 e. The summed E-state index contributed by atoms with van der Waals surface area (Å²) in [4.78, 5) is 3.32. The molecule has 0 amide bonds. The number of fused-ring (bicyclic) bond motifs is 3. The van der Waals surface area contributed by atoms with Crippen LogP contribution in [0, 0.1) is 12.1 Å². The smallest absolute Gasteiger partial charge is 0.0471 e. The molecule has 13 heavy (non-hydrogen) atoms.